The van der Waals surface area contributed by atoms with E-state index in [9.17, 15) is 19.2 Å². The Morgan fingerprint density at radius 2 is 1.62 bits per heavy atom. The third-order valence-corrected chi connectivity index (χ3v) is 5.47. The average molecular weight is 457 g/mol. The topological polar surface area (TPSA) is 92.8 Å². The van der Waals surface area contributed by atoms with Gasteiger partial charge in [0, 0.05) is 22.6 Å². The summed E-state index contributed by atoms with van der Waals surface area (Å²) in [6, 6.07) is 13.4. The number of nitrogens with zero attached hydrogens (tertiary/aromatic N) is 1. The SMILES string of the molecule is CC(C)(C)c1ccc(C(=O)NN2C[C@H](C(=O)OCC(=O)c3ccc(Cl)cc3)CC2=O)cc1. The van der Waals surface area contributed by atoms with Gasteiger partial charge in [-0.25, -0.2) is 0 Å². The van der Waals surface area contributed by atoms with Crippen LogP contribution in [-0.2, 0) is 19.7 Å². The lowest BCUT2D eigenvalue weighted by molar-refractivity contribution is -0.147. The molecule has 0 spiro atoms. The summed E-state index contributed by atoms with van der Waals surface area (Å²) in [7, 11) is 0. The van der Waals surface area contributed by atoms with Crippen LogP contribution in [0.15, 0.2) is 48.5 Å². The standard InChI is InChI=1S/C24H25ClN2O5/c1-24(2,3)18-8-4-16(5-9-18)22(30)26-27-13-17(12-21(27)29)23(31)32-14-20(28)15-6-10-19(25)11-7-15/h4-11,17H,12-14H2,1-3H3,(H,26,30)/t17-/m1/s1. The summed E-state index contributed by atoms with van der Waals surface area (Å²) in [5.41, 5.74) is 4.37. The summed E-state index contributed by atoms with van der Waals surface area (Å²) in [5.74, 6) is -2.62. The van der Waals surface area contributed by atoms with Gasteiger partial charge in [-0.05, 0) is 47.4 Å². The first-order chi connectivity index (χ1) is 15.0. The van der Waals surface area contributed by atoms with Gasteiger partial charge in [0.05, 0.1) is 12.5 Å². The number of rotatable bonds is 6. The number of hydrogen-bond donors (Lipinski definition) is 1. The second kappa shape index (κ2) is 9.53. The van der Waals surface area contributed by atoms with E-state index in [1.54, 1.807) is 36.4 Å². The van der Waals surface area contributed by atoms with Crippen molar-refractivity contribution in [3.8, 4) is 0 Å². The van der Waals surface area contributed by atoms with Crippen molar-refractivity contribution in [3.63, 3.8) is 0 Å². The van der Waals surface area contributed by atoms with Gasteiger partial charge in [-0.15, -0.1) is 0 Å². The highest BCUT2D eigenvalue weighted by Crippen LogP contribution is 2.23. The van der Waals surface area contributed by atoms with Gasteiger partial charge in [-0.3, -0.25) is 29.6 Å². The molecular weight excluding hydrogens is 432 g/mol. The Bertz CT molecular complexity index is 1030. The molecule has 7 nitrogen and oxygen atoms in total. The number of hydrogen-bond acceptors (Lipinski definition) is 5. The lowest BCUT2D eigenvalue weighted by atomic mass is 9.87. The minimum Gasteiger partial charge on any atom is -0.457 e. The van der Waals surface area contributed by atoms with Gasteiger partial charge in [0.1, 0.15) is 0 Å². The fraction of sp³-hybridized carbons (Fsp3) is 0.333. The van der Waals surface area contributed by atoms with Crippen LogP contribution in [0.25, 0.3) is 0 Å². The molecule has 0 radical (unpaired) electrons. The summed E-state index contributed by atoms with van der Waals surface area (Å²) in [5, 5.41) is 1.61. The monoisotopic (exact) mass is 456 g/mol. The van der Waals surface area contributed by atoms with Crippen molar-refractivity contribution in [1.82, 2.24) is 10.4 Å². The zero-order chi connectivity index (χ0) is 23.5. The molecule has 0 saturated carbocycles. The van der Waals surface area contributed by atoms with Crippen molar-refractivity contribution < 1.29 is 23.9 Å². The third-order valence-electron chi connectivity index (χ3n) is 5.22. The first kappa shape index (κ1) is 23.5. The summed E-state index contributed by atoms with van der Waals surface area (Å²) < 4.78 is 5.09. The van der Waals surface area contributed by atoms with Crippen LogP contribution < -0.4 is 5.43 Å². The molecule has 32 heavy (non-hydrogen) atoms. The van der Waals surface area contributed by atoms with Gasteiger partial charge in [-0.2, -0.15) is 0 Å². The predicted octanol–water partition coefficient (Wildman–Crippen LogP) is 3.56. The highest BCUT2D eigenvalue weighted by Gasteiger charge is 2.36. The number of nitrogens with one attached hydrogen (secondary N) is 1. The smallest absolute Gasteiger partial charge is 0.311 e. The molecule has 168 valence electrons. The van der Waals surface area contributed by atoms with Crippen molar-refractivity contribution in [1.29, 1.82) is 0 Å². The molecular formula is C24H25ClN2O5. The number of halogens is 1. The molecule has 2 amide bonds. The zero-order valence-corrected chi connectivity index (χ0v) is 18.9. The molecule has 3 rings (SSSR count). The van der Waals surface area contributed by atoms with E-state index in [0.717, 1.165) is 10.6 Å². The number of amides is 2. The Hall–Kier alpha value is -3.19. The van der Waals surface area contributed by atoms with Crippen LogP contribution in [0, 0.1) is 5.92 Å². The molecule has 1 aliphatic heterocycles. The van der Waals surface area contributed by atoms with Crippen molar-refractivity contribution in [2.45, 2.75) is 32.6 Å². The van der Waals surface area contributed by atoms with E-state index in [-0.39, 0.29) is 24.2 Å². The van der Waals surface area contributed by atoms with Crippen molar-refractivity contribution in [2.75, 3.05) is 13.2 Å². The van der Waals surface area contributed by atoms with Crippen LogP contribution in [-0.4, -0.2) is 41.7 Å². The quantitative estimate of drug-likeness (QED) is 0.530. The maximum atomic E-state index is 12.5. The minimum atomic E-state index is -0.760. The van der Waals surface area contributed by atoms with Gasteiger partial charge >= 0.3 is 5.97 Å². The first-order valence-corrected chi connectivity index (χ1v) is 10.6. The second-order valence-corrected chi connectivity index (χ2v) is 9.15. The molecule has 8 heteroatoms. The number of ketones is 1. The number of benzene rings is 2. The van der Waals surface area contributed by atoms with Crippen molar-refractivity contribution >= 4 is 35.2 Å². The molecule has 0 bridgehead atoms. The molecule has 1 atom stereocenters. The Morgan fingerprint density at radius 1 is 1.03 bits per heavy atom. The molecule has 1 fully saturated rings. The molecule has 0 aromatic heterocycles. The number of Topliss-reactive ketones (excluding diaryl/α,β-unsaturated/α-hetero) is 1. The highest BCUT2D eigenvalue weighted by molar-refractivity contribution is 6.30. The zero-order valence-electron chi connectivity index (χ0n) is 18.2. The van der Waals surface area contributed by atoms with Crippen LogP contribution in [0.5, 0.6) is 0 Å². The third kappa shape index (κ3) is 5.73. The maximum Gasteiger partial charge on any atom is 0.311 e. The molecule has 2 aromatic rings. The number of carbonyl (C=O) groups is 4. The Morgan fingerprint density at radius 3 is 2.22 bits per heavy atom. The summed E-state index contributed by atoms with van der Waals surface area (Å²) >= 11 is 5.79. The number of esters is 1. The van der Waals surface area contributed by atoms with E-state index < -0.39 is 30.3 Å². The Balaban J connectivity index is 1.52. The summed E-state index contributed by atoms with van der Waals surface area (Å²) in [6.07, 6.45) is -0.1000. The number of ether oxygens (including phenoxy) is 1. The van der Waals surface area contributed by atoms with E-state index in [1.165, 1.54) is 0 Å². The Labute approximate surface area is 191 Å². The average Bonchev–Trinajstić information content (AvgIpc) is 3.12. The predicted molar refractivity (Wildman–Crippen MR) is 119 cm³/mol. The highest BCUT2D eigenvalue weighted by atomic mass is 35.5. The van der Waals surface area contributed by atoms with Crippen molar-refractivity contribution in [3.05, 3.63) is 70.2 Å². The van der Waals surface area contributed by atoms with E-state index >= 15 is 0 Å². The fourth-order valence-corrected chi connectivity index (χ4v) is 3.38. The van der Waals surface area contributed by atoms with E-state index in [0.29, 0.717) is 16.1 Å². The minimum absolute atomic E-state index is 0.0153. The molecule has 1 heterocycles. The molecule has 1 N–H and O–H groups in total. The van der Waals surface area contributed by atoms with Crippen LogP contribution in [0.2, 0.25) is 5.02 Å². The van der Waals surface area contributed by atoms with Gasteiger partial charge in [0.15, 0.2) is 12.4 Å². The van der Waals surface area contributed by atoms with Crippen molar-refractivity contribution in [2.24, 2.45) is 5.92 Å². The lowest BCUT2D eigenvalue weighted by Crippen LogP contribution is -2.43. The maximum absolute atomic E-state index is 12.5. The number of carbonyl (C=O) groups excluding carboxylic acids is 4. The molecule has 2 aromatic carbocycles. The van der Waals surface area contributed by atoms with E-state index in [2.05, 4.69) is 26.2 Å². The van der Waals surface area contributed by atoms with Crippen LogP contribution >= 0.6 is 11.6 Å². The Kier molecular flexibility index (Phi) is 6.99. The van der Waals surface area contributed by atoms with Crippen LogP contribution in [0.3, 0.4) is 0 Å². The van der Waals surface area contributed by atoms with E-state index in [4.69, 9.17) is 16.3 Å². The molecule has 0 unspecified atom stereocenters. The van der Waals surface area contributed by atoms with Gasteiger partial charge < -0.3 is 4.74 Å². The number of hydrazine groups is 1. The van der Waals surface area contributed by atoms with Crippen LogP contribution in [0.1, 0.15) is 53.5 Å². The molecule has 1 saturated heterocycles. The lowest BCUT2D eigenvalue weighted by Gasteiger charge is -2.20. The second-order valence-electron chi connectivity index (χ2n) is 8.71. The fourth-order valence-electron chi connectivity index (χ4n) is 3.26. The van der Waals surface area contributed by atoms with E-state index in [1.807, 2.05) is 12.1 Å². The normalized spacial score (nSPS) is 16.1. The van der Waals surface area contributed by atoms with Gasteiger partial charge in [0.2, 0.25) is 5.91 Å². The molecule has 0 aliphatic carbocycles. The summed E-state index contributed by atoms with van der Waals surface area (Å²) in [6.45, 7) is 5.78. The largest absolute Gasteiger partial charge is 0.457 e. The van der Waals surface area contributed by atoms with Gasteiger partial charge in [-0.1, -0.05) is 44.5 Å². The molecule has 1 aliphatic rings. The van der Waals surface area contributed by atoms with Crippen LogP contribution in [0.4, 0.5) is 0 Å². The van der Waals surface area contributed by atoms with Gasteiger partial charge in [0.25, 0.3) is 5.91 Å². The summed E-state index contributed by atoms with van der Waals surface area (Å²) in [4.78, 5) is 49.2. The first-order valence-electron chi connectivity index (χ1n) is 10.2.